The van der Waals surface area contributed by atoms with Crippen LogP contribution in [0.25, 0.3) is 0 Å². The molecule has 0 bridgehead atoms. The van der Waals surface area contributed by atoms with Crippen LogP contribution in [0.1, 0.15) is 33.3 Å². The Morgan fingerprint density at radius 1 is 1.05 bits per heavy atom. The van der Waals surface area contributed by atoms with Gasteiger partial charge < -0.3 is 5.73 Å². The maximum atomic E-state index is 12.5. The Morgan fingerprint density at radius 2 is 1.50 bits per heavy atom. The van der Waals surface area contributed by atoms with E-state index in [4.69, 9.17) is 5.73 Å². The summed E-state index contributed by atoms with van der Waals surface area (Å²) >= 11 is 0. The molecule has 20 heavy (non-hydrogen) atoms. The smallest absolute Gasteiger partial charge is 0.240 e. The highest BCUT2D eigenvalue weighted by molar-refractivity contribution is 7.89. The number of hydrogen-bond acceptors (Lipinski definition) is 3. The average molecular weight is 296 g/mol. The zero-order valence-electron chi connectivity index (χ0n) is 12.8. The highest BCUT2D eigenvalue weighted by atomic mass is 32.2. The number of sulfonamides is 1. The summed E-state index contributed by atoms with van der Waals surface area (Å²) in [5, 5.41) is 0. The fraction of sp³-hybridized carbons (Fsp3) is 0.600. The summed E-state index contributed by atoms with van der Waals surface area (Å²) in [4.78, 5) is 0.301. The monoisotopic (exact) mass is 296 g/mol. The van der Waals surface area contributed by atoms with Crippen molar-refractivity contribution in [3.05, 3.63) is 29.8 Å². The second-order valence-corrected chi connectivity index (χ2v) is 8.70. The molecular weight excluding hydrogens is 272 g/mol. The number of benzene rings is 1. The number of aryl methyl sites for hydroxylation is 1. The summed E-state index contributed by atoms with van der Waals surface area (Å²) in [6.45, 7) is 9.95. The van der Waals surface area contributed by atoms with E-state index in [1.54, 1.807) is 24.3 Å². The topological polar surface area (TPSA) is 72.2 Å². The summed E-state index contributed by atoms with van der Waals surface area (Å²) < 4.78 is 27.8. The van der Waals surface area contributed by atoms with Crippen molar-refractivity contribution >= 4 is 10.0 Å². The molecule has 0 atom stereocenters. The first-order valence-electron chi connectivity index (χ1n) is 6.84. The van der Waals surface area contributed by atoms with Gasteiger partial charge in [0.2, 0.25) is 10.0 Å². The highest BCUT2D eigenvalue weighted by Gasteiger charge is 2.61. The summed E-state index contributed by atoms with van der Waals surface area (Å²) in [5.74, 6) is 0. The van der Waals surface area contributed by atoms with E-state index >= 15 is 0 Å². The van der Waals surface area contributed by atoms with Gasteiger partial charge in [0.15, 0.2) is 0 Å². The molecule has 3 N–H and O–H groups in total. The van der Waals surface area contributed by atoms with Gasteiger partial charge in [-0.3, -0.25) is 0 Å². The first-order valence-corrected chi connectivity index (χ1v) is 8.32. The molecule has 0 spiro atoms. The Kier molecular flexibility index (Phi) is 3.52. The van der Waals surface area contributed by atoms with E-state index in [1.165, 1.54) is 0 Å². The van der Waals surface area contributed by atoms with Crippen molar-refractivity contribution in [1.82, 2.24) is 4.72 Å². The van der Waals surface area contributed by atoms with Crippen LogP contribution in [0.5, 0.6) is 0 Å². The molecular formula is C15H24N2O2S. The van der Waals surface area contributed by atoms with Crippen LogP contribution in [0.3, 0.4) is 0 Å². The van der Waals surface area contributed by atoms with Gasteiger partial charge in [-0.25, -0.2) is 13.1 Å². The van der Waals surface area contributed by atoms with Crippen molar-refractivity contribution in [3.63, 3.8) is 0 Å². The lowest BCUT2D eigenvalue weighted by Gasteiger charge is -2.62. The van der Waals surface area contributed by atoms with E-state index in [1.807, 2.05) is 34.6 Å². The SMILES string of the molecule is Cc1ccc(S(=O)(=O)NC2C(C)(C)C(N)C2(C)C)cc1. The molecule has 0 amide bonds. The summed E-state index contributed by atoms with van der Waals surface area (Å²) in [6, 6.07) is 6.68. The first kappa shape index (κ1) is 15.5. The van der Waals surface area contributed by atoms with Crippen molar-refractivity contribution in [2.75, 3.05) is 0 Å². The molecule has 1 aromatic rings. The fourth-order valence-electron chi connectivity index (χ4n) is 3.42. The number of nitrogens with one attached hydrogen (secondary N) is 1. The van der Waals surface area contributed by atoms with Crippen molar-refractivity contribution in [3.8, 4) is 0 Å². The Morgan fingerprint density at radius 3 is 1.95 bits per heavy atom. The number of nitrogens with two attached hydrogens (primary N) is 1. The lowest BCUT2D eigenvalue weighted by molar-refractivity contribution is -0.0593. The maximum absolute atomic E-state index is 12.5. The number of hydrogen-bond donors (Lipinski definition) is 2. The molecule has 2 rings (SSSR count). The van der Waals surface area contributed by atoms with Gasteiger partial charge >= 0.3 is 0 Å². The normalized spacial score (nSPS) is 27.9. The standard InChI is InChI=1S/C15H24N2O2S/c1-10-6-8-11(9-7-10)20(18,19)17-13-14(2,3)12(16)15(13,4)5/h6-9,12-13,17H,16H2,1-5H3. The zero-order valence-corrected chi connectivity index (χ0v) is 13.6. The molecule has 0 unspecified atom stereocenters. The Labute approximate surface area is 121 Å². The summed E-state index contributed by atoms with van der Waals surface area (Å²) in [5.41, 5.74) is 6.71. The van der Waals surface area contributed by atoms with Gasteiger partial charge in [0.25, 0.3) is 0 Å². The van der Waals surface area contributed by atoms with Gasteiger partial charge in [0, 0.05) is 12.1 Å². The summed E-state index contributed by atoms with van der Waals surface area (Å²) in [6.07, 6.45) is 0. The second-order valence-electron chi connectivity index (χ2n) is 6.99. The molecule has 4 nitrogen and oxygen atoms in total. The van der Waals surface area contributed by atoms with E-state index in [0.717, 1.165) is 5.56 Å². The predicted molar refractivity (Wildman–Crippen MR) is 80.8 cm³/mol. The Hall–Kier alpha value is -0.910. The van der Waals surface area contributed by atoms with Crippen molar-refractivity contribution < 1.29 is 8.42 Å². The van der Waals surface area contributed by atoms with Gasteiger partial charge in [0.1, 0.15) is 0 Å². The van der Waals surface area contributed by atoms with Crippen molar-refractivity contribution in [1.29, 1.82) is 0 Å². The quantitative estimate of drug-likeness (QED) is 0.896. The van der Waals surface area contributed by atoms with Crippen LogP contribution in [-0.2, 0) is 10.0 Å². The molecule has 1 aliphatic carbocycles. The van der Waals surface area contributed by atoms with Crippen LogP contribution >= 0.6 is 0 Å². The van der Waals surface area contributed by atoms with Crippen LogP contribution in [0.4, 0.5) is 0 Å². The molecule has 112 valence electrons. The van der Waals surface area contributed by atoms with Gasteiger partial charge in [-0.2, -0.15) is 0 Å². The minimum Gasteiger partial charge on any atom is -0.327 e. The first-order chi connectivity index (χ1) is 8.99. The predicted octanol–water partition coefficient (Wildman–Crippen LogP) is 2.04. The molecule has 0 heterocycles. The lowest BCUT2D eigenvalue weighted by atomic mass is 9.49. The molecule has 0 aliphatic heterocycles. The molecule has 1 aliphatic rings. The fourth-order valence-corrected chi connectivity index (χ4v) is 4.97. The second kappa shape index (κ2) is 4.55. The third-order valence-corrected chi connectivity index (χ3v) is 6.13. The molecule has 1 aromatic carbocycles. The van der Waals surface area contributed by atoms with E-state index in [-0.39, 0.29) is 22.9 Å². The van der Waals surface area contributed by atoms with E-state index in [0.29, 0.717) is 4.90 Å². The third kappa shape index (κ3) is 2.28. The van der Waals surface area contributed by atoms with Crippen LogP contribution in [0.2, 0.25) is 0 Å². The molecule has 0 aromatic heterocycles. The van der Waals surface area contributed by atoms with Crippen LogP contribution in [-0.4, -0.2) is 20.5 Å². The molecule has 0 saturated heterocycles. The van der Waals surface area contributed by atoms with E-state index < -0.39 is 10.0 Å². The average Bonchev–Trinajstić information content (AvgIpc) is 2.35. The van der Waals surface area contributed by atoms with Crippen molar-refractivity contribution in [2.45, 2.75) is 51.6 Å². The molecule has 5 heteroatoms. The molecule has 1 fully saturated rings. The lowest BCUT2D eigenvalue weighted by Crippen LogP contribution is -2.75. The van der Waals surface area contributed by atoms with E-state index in [9.17, 15) is 8.42 Å². The van der Waals surface area contributed by atoms with Crippen molar-refractivity contribution in [2.24, 2.45) is 16.6 Å². The van der Waals surface area contributed by atoms with Crippen LogP contribution in [0, 0.1) is 17.8 Å². The Bertz CT molecular complexity index is 587. The minimum atomic E-state index is -3.51. The number of rotatable bonds is 3. The van der Waals surface area contributed by atoms with Gasteiger partial charge in [-0.1, -0.05) is 45.4 Å². The zero-order chi connectivity index (χ0) is 15.3. The van der Waals surface area contributed by atoms with Gasteiger partial charge in [0.05, 0.1) is 4.90 Å². The molecule has 1 saturated carbocycles. The highest BCUT2D eigenvalue weighted by Crippen LogP contribution is 2.52. The van der Waals surface area contributed by atoms with Crippen LogP contribution < -0.4 is 10.5 Å². The molecule has 0 radical (unpaired) electrons. The van der Waals surface area contributed by atoms with Crippen LogP contribution in [0.15, 0.2) is 29.2 Å². The van der Waals surface area contributed by atoms with Gasteiger partial charge in [-0.05, 0) is 29.9 Å². The van der Waals surface area contributed by atoms with Gasteiger partial charge in [-0.15, -0.1) is 0 Å². The third-order valence-electron chi connectivity index (χ3n) is 4.70. The minimum absolute atomic E-state index is 0.0271. The maximum Gasteiger partial charge on any atom is 0.240 e. The summed E-state index contributed by atoms with van der Waals surface area (Å²) in [7, 11) is -3.51. The Balaban J connectivity index is 2.27. The largest absolute Gasteiger partial charge is 0.327 e. The van der Waals surface area contributed by atoms with E-state index in [2.05, 4.69) is 4.72 Å².